The lowest BCUT2D eigenvalue weighted by molar-refractivity contribution is -0.127. The maximum absolute atomic E-state index is 11.9. The smallest absolute Gasteiger partial charge is 0.243 e. The SMILES string of the molecule is CCOCCC1(CNC(=NCC(=O)N(C)C)NCCCN2CCOCC2)CC1. The monoisotopic (exact) mass is 397 g/mol. The summed E-state index contributed by atoms with van der Waals surface area (Å²) in [4.78, 5) is 20.4. The molecular formula is C20H39N5O3. The molecule has 1 saturated heterocycles. The van der Waals surface area contributed by atoms with Crippen LogP contribution in [0.1, 0.15) is 32.6 Å². The summed E-state index contributed by atoms with van der Waals surface area (Å²) in [5, 5.41) is 6.86. The molecular weight excluding hydrogens is 358 g/mol. The van der Waals surface area contributed by atoms with Crippen molar-refractivity contribution < 1.29 is 14.3 Å². The van der Waals surface area contributed by atoms with Crippen molar-refractivity contribution in [2.24, 2.45) is 10.4 Å². The maximum atomic E-state index is 11.9. The van der Waals surface area contributed by atoms with E-state index in [-0.39, 0.29) is 12.5 Å². The van der Waals surface area contributed by atoms with E-state index in [9.17, 15) is 4.79 Å². The minimum absolute atomic E-state index is 0.00639. The Morgan fingerprint density at radius 1 is 1.25 bits per heavy atom. The topological polar surface area (TPSA) is 78.4 Å². The van der Waals surface area contributed by atoms with Crippen LogP contribution in [0.3, 0.4) is 0 Å². The van der Waals surface area contributed by atoms with E-state index < -0.39 is 0 Å². The molecule has 0 aromatic carbocycles. The highest BCUT2D eigenvalue weighted by atomic mass is 16.5. The zero-order valence-electron chi connectivity index (χ0n) is 18.0. The number of amides is 1. The fourth-order valence-electron chi connectivity index (χ4n) is 3.19. The lowest BCUT2D eigenvalue weighted by Gasteiger charge is -2.26. The van der Waals surface area contributed by atoms with Gasteiger partial charge in [-0.3, -0.25) is 9.69 Å². The summed E-state index contributed by atoms with van der Waals surface area (Å²) in [6.45, 7) is 10.2. The Labute approximate surface area is 170 Å². The van der Waals surface area contributed by atoms with E-state index in [2.05, 4.69) is 20.5 Å². The van der Waals surface area contributed by atoms with Gasteiger partial charge in [-0.15, -0.1) is 0 Å². The van der Waals surface area contributed by atoms with E-state index in [1.54, 1.807) is 19.0 Å². The predicted octanol–water partition coefficient (Wildman–Crippen LogP) is 0.539. The molecule has 162 valence electrons. The van der Waals surface area contributed by atoms with Gasteiger partial charge in [0.15, 0.2) is 5.96 Å². The normalized spacial score (nSPS) is 19.3. The first kappa shape index (κ1) is 22.9. The maximum Gasteiger partial charge on any atom is 0.243 e. The van der Waals surface area contributed by atoms with Crippen LogP contribution in [0.4, 0.5) is 0 Å². The average Bonchev–Trinajstić information content (AvgIpc) is 3.47. The highest BCUT2D eigenvalue weighted by Gasteiger charge is 2.41. The van der Waals surface area contributed by atoms with Gasteiger partial charge in [-0.25, -0.2) is 4.99 Å². The predicted molar refractivity (Wildman–Crippen MR) is 112 cm³/mol. The van der Waals surface area contributed by atoms with Crippen molar-refractivity contribution in [2.45, 2.75) is 32.6 Å². The molecule has 8 nitrogen and oxygen atoms in total. The third-order valence-electron chi connectivity index (χ3n) is 5.49. The van der Waals surface area contributed by atoms with Crippen LogP contribution >= 0.6 is 0 Å². The second-order valence-electron chi connectivity index (χ2n) is 7.99. The summed E-state index contributed by atoms with van der Waals surface area (Å²) in [5.74, 6) is 0.742. The van der Waals surface area contributed by atoms with E-state index in [0.717, 1.165) is 78.0 Å². The molecule has 2 N–H and O–H groups in total. The molecule has 8 heteroatoms. The van der Waals surface area contributed by atoms with Gasteiger partial charge in [0.1, 0.15) is 6.54 Å². The summed E-state index contributed by atoms with van der Waals surface area (Å²) in [6, 6.07) is 0. The number of morpholine rings is 1. The second kappa shape index (κ2) is 12.2. The second-order valence-corrected chi connectivity index (χ2v) is 7.99. The van der Waals surface area contributed by atoms with Crippen LogP contribution in [0.15, 0.2) is 4.99 Å². The molecule has 1 aliphatic heterocycles. The van der Waals surface area contributed by atoms with Gasteiger partial charge in [0.25, 0.3) is 0 Å². The number of hydrogen-bond acceptors (Lipinski definition) is 5. The van der Waals surface area contributed by atoms with Gasteiger partial charge in [0.2, 0.25) is 5.91 Å². The molecule has 1 amide bonds. The van der Waals surface area contributed by atoms with Crippen molar-refractivity contribution in [1.82, 2.24) is 20.4 Å². The largest absolute Gasteiger partial charge is 0.382 e. The van der Waals surface area contributed by atoms with E-state index in [1.165, 1.54) is 12.8 Å². The van der Waals surface area contributed by atoms with Crippen LogP contribution < -0.4 is 10.6 Å². The van der Waals surface area contributed by atoms with Crippen molar-refractivity contribution in [3.63, 3.8) is 0 Å². The first-order chi connectivity index (χ1) is 13.5. The van der Waals surface area contributed by atoms with Crippen molar-refractivity contribution in [1.29, 1.82) is 0 Å². The molecule has 0 aromatic rings. The van der Waals surface area contributed by atoms with Crippen molar-refractivity contribution in [2.75, 3.05) is 79.8 Å². The zero-order chi connectivity index (χ0) is 20.2. The fourth-order valence-corrected chi connectivity index (χ4v) is 3.19. The van der Waals surface area contributed by atoms with Crippen LogP contribution in [0.2, 0.25) is 0 Å². The lowest BCUT2D eigenvalue weighted by Crippen LogP contribution is -2.43. The molecule has 2 fully saturated rings. The number of nitrogens with zero attached hydrogens (tertiary/aromatic N) is 3. The third-order valence-corrected chi connectivity index (χ3v) is 5.49. The van der Waals surface area contributed by atoms with E-state index >= 15 is 0 Å². The Morgan fingerprint density at radius 2 is 2.00 bits per heavy atom. The van der Waals surface area contributed by atoms with Gasteiger partial charge in [0.05, 0.1) is 13.2 Å². The highest BCUT2D eigenvalue weighted by molar-refractivity contribution is 5.84. The van der Waals surface area contributed by atoms with E-state index in [4.69, 9.17) is 9.47 Å². The van der Waals surface area contributed by atoms with Crippen LogP contribution in [-0.2, 0) is 14.3 Å². The molecule has 28 heavy (non-hydrogen) atoms. The third kappa shape index (κ3) is 8.75. The minimum Gasteiger partial charge on any atom is -0.382 e. The number of nitrogens with one attached hydrogen (secondary N) is 2. The number of carbonyl (C=O) groups is 1. The number of carbonyl (C=O) groups excluding carboxylic acids is 1. The Bertz CT molecular complexity index is 488. The zero-order valence-corrected chi connectivity index (χ0v) is 18.0. The highest BCUT2D eigenvalue weighted by Crippen LogP contribution is 2.48. The Morgan fingerprint density at radius 3 is 2.64 bits per heavy atom. The summed E-state index contributed by atoms with van der Waals surface area (Å²) in [7, 11) is 3.52. The number of aliphatic imine (C=N–C) groups is 1. The van der Waals surface area contributed by atoms with Gasteiger partial charge in [0, 0.05) is 53.5 Å². The number of likely N-dealkylation sites (N-methyl/N-ethyl adjacent to an activating group) is 1. The Kier molecular flexibility index (Phi) is 10.0. The van der Waals surface area contributed by atoms with Crippen LogP contribution in [0.5, 0.6) is 0 Å². The lowest BCUT2D eigenvalue weighted by atomic mass is 10.0. The van der Waals surface area contributed by atoms with Crippen LogP contribution in [-0.4, -0.2) is 101 Å². The summed E-state index contributed by atoms with van der Waals surface area (Å²) >= 11 is 0. The molecule has 0 unspecified atom stereocenters. The Balaban J connectivity index is 1.75. The minimum atomic E-state index is 0.00639. The summed E-state index contributed by atoms with van der Waals surface area (Å²) in [5.41, 5.74) is 0.330. The first-order valence-corrected chi connectivity index (χ1v) is 10.6. The Hall–Kier alpha value is -1.38. The number of hydrogen-bond donors (Lipinski definition) is 2. The fraction of sp³-hybridized carbons (Fsp3) is 0.900. The van der Waals surface area contributed by atoms with Gasteiger partial charge in [-0.05, 0) is 44.6 Å². The first-order valence-electron chi connectivity index (χ1n) is 10.6. The molecule has 2 aliphatic rings. The molecule has 0 bridgehead atoms. The number of ether oxygens (including phenoxy) is 2. The molecule has 0 atom stereocenters. The molecule has 0 spiro atoms. The van der Waals surface area contributed by atoms with E-state index in [1.807, 2.05) is 6.92 Å². The molecule has 1 saturated carbocycles. The van der Waals surface area contributed by atoms with Gasteiger partial charge in [-0.1, -0.05) is 0 Å². The average molecular weight is 398 g/mol. The molecule has 1 aliphatic carbocycles. The van der Waals surface area contributed by atoms with Crippen LogP contribution in [0, 0.1) is 5.41 Å². The van der Waals surface area contributed by atoms with Crippen molar-refractivity contribution in [3.8, 4) is 0 Å². The van der Waals surface area contributed by atoms with Gasteiger partial charge in [-0.2, -0.15) is 0 Å². The quantitative estimate of drug-likeness (QED) is 0.284. The molecule has 0 aromatic heterocycles. The van der Waals surface area contributed by atoms with Crippen molar-refractivity contribution in [3.05, 3.63) is 0 Å². The number of guanidine groups is 1. The molecule has 0 radical (unpaired) electrons. The van der Waals surface area contributed by atoms with Crippen LogP contribution in [0.25, 0.3) is 0 Å². The molecule has 1 heterocycles. The number of rotatable bonds is 12. The summed E-state index contributed by atoms with van der Waals surface area (Å²) in [6.07, 6.45) is 4.58. The van der Waals surface area contributed by atoms with Gasteiger partial charge >= 0.3 is 0 Å². The summed E-state index contributed by atoms with van der Waals surface area (Å²) < 4.78 is 10.9. The van der Waals surface area contributed by atoms with Gasteiger partial charge < -0.3 is 25.0 Å². The van der Waals surface area contributed by atoms with E-state index in [0.29, 0.717) is 5.41 Å². The standard InChI is InChI=1S/C20H39N5O3/c1-4-27-13-8-20(6-7-20)17-23-19(22-16-18(26)24(2)3)21-9-5-10-25-11-14-28-15-12-25/h4-17H2,1-3H3,(H2,21,22,23). The van der Waals surface area contributed by atoms with Crippen molar-refractivity contribution >= 4 is 11.9 Å². The molecule has 2 rings (SSSR count).